The number of amides is 1. The van der Waals surface area contributed by atoms with Gasteiger partial charge in [0.1, 0.15) is 0 Å². The van der Waals surface area contributed by atoms with Gasteiger partial charge in [-0.05, 0) is 17.7 Å². The fraction of sp³-hybridized carbons (Fsp3) is 0.280. The molecule has 0 saturated carbocycles. The first-order valence-corrected chi connectivity index (χ1v) is 10.7. The Hall–Kier alpha value is -2.64. The highest BCUT2D eigenvalue weighted by Crippen LogP contribution is 2.41. The number of carbonyl (C=O) groups is 1. The molecular formula is C25H27Cl2N3O3. The summed E-state index contributed by atoms with van der Waals surface area (Å²) in [5, 5.41) is 0. The average Bonchev–Trinajstić information content (AvgIpc) is 2.84. The van der Waals surface area contributed by atoms with E-state index in [1.807, 2.05) is 65.6 Å². The van der Waals surface area contributed by atoms with Gasteiger partial charge in [-0.1, -0.05) is 60.7 Å². The van der Waals surface area contributed by atoms with Crippen LogP contribution in [0.2, 0.25) is 0 Å². The number of anilines is 1. The van der Waals surface area contributed by atoms with E-state index in [4.69, 9.17) is 9.47 Å². The van der Waals surface area contributed by atoms with E-state index in [0.29, 0.717) is 31.3 Å². The van der Waals surface area contributed by atoms with E-state index in [0.717, 1.165) is 24.2 Å². The molecule has 2 unspecified atom stereocenters. The van der Waals surface area contributed by atoms with Crippen molar-refractivity contribution in [2.75, 3.05) is 37.7 Å². The Kier molecular flexibility index (Phi) is 8.69. The highest BCUT2D eigenvalue weighted by atomic mass is 35.5. The first kappa shape index (κ1) is 25.0. The Balaban J connectivity index is 0.00000153. The average molecular weight is 488 g/mol. The largest absolute Gasteiger partial charge is 0.472 e. The minimum Gasteiger partial charge on any atom is -0.472 e. The number of ether oxygens (including phenoxy) is 2. The first-order chi connectivity index (χ1) is 15.3. The number of hydrogen-bond acceptors (Lipinski definition) is 5. The van der Waals surface area contributed by atoms with Crippen LogP contribution in [0.5, 0.6) is 5.75 Å². The first-order valence-electron chi connectivity index (χ1n) is 10.7. The van der Waals surface area contributed by atoms with Crippen molar-refractivity contribution in [2.45, 2.75) is 12.1 Å². The van der Waals surface area contributed by atoms with Crippen molar-refractivity contribution in [3.8, 4) is 5.75 Å². The molecular weight excluding hydrogens is 461 g/mol. The molecule has 1 aromatic heterocycles. The third-order valence-electron chi connectivity index (χ3n) is 5.82. The van der Waals surface area contributed by atoms with Gasteiger partial charge in [0.15, 0.2) is 11.6 Å². The lowest BCUT2D eigenvalue weighted by Crippen LogP contribution is -2.49. The van der Waals surface area contributed by atoms with Crippen LogP contribution >= 0.6 is 24.8 Å². The second kappa shape index (κ2) is 11.5. The van der Waals surface area contributed by atoms with Crippen molar-refractivity contribution in [3.05, 3.63) is 90.1 Å². The van der Waals surface area contributed by atoms with Gasteiger partial charge in [0.2, 0.25) is 6.10 Å². The lowest BCUT2D eigenvalue weighted by molar-refractivity contribution is -0.127. The minimum absolute atomic E-state index is 0. The zero-order valence-corrected chi connectivity index (χ0v) is 19.7. The van der Waals surface area contributed by atoms with Gasteiger partial charge in [-0.15, -0.1) is 24.8 Å². The number of rotatable bonds is 5. The van der Waals surface area contributed by atoms with E-state index in [9.17, 15) is 4.79 Å². The molecule has 3 heterocycles. The number of fused-ring (bicyclic) bond motifs is 1. The maximum atomic E-state index is 13.9. The summed E-state index contributed by atoms with van der Waals surface area (Å²) in [5.41, 5.74) is 1.91. The lowest BCUT2D eigenvalue weighted by Gasteiger charge is -2.41. The highest BCUT2D eigenvalue weighted by Gasteiger charge is 2.41. The SMILES string of the molecule is Cl.Cl.O=C1C(c2ccccc2)Oc2cccnc2N1C(CN1CCOCC1)c1ccccc1. The molecule has 2 atom stereocenters. The van der Waals surface area contributed by atoms with E-state index in [-0.39, 0.29) is 36.8 Å². The Labute approximate surface area is 206 Å². The van der Waals surface area contributed by atoms with Gasteiger partial charge < -0.3 is 9.47 Å². The van der Waals surface area contributed by atoms with Crippen LogP contribution in [0, 0.1) is 0 Å². The Morgan fingerprint density at radius 2 is 1.58 bits per heavy atom. The smallest absolute Gasteiger partial charge is 0.274 e. The van der Waals surface area contributed by atoms with Crippen LogP contribution < -0.4 is 9.64 Å². The molecule has 0 spiro atoms. The third-order valence-corrected chi connectivity index (χ3v) is 5.82. The number of nitrogens with zero attached hydrogens (tertiary/aromatic N) is 3. The molecule has 5 rings (SSSR count). The molecule has 8 heteroatoms. The van der Waals surface area contributed by atoms with Crippen molar-refractivity contribution in [1.29, 1.82) is 0 Å². The molecule has 1 fully saturated rings. The number of pyridine rings is 1. The van der Waals surface area contributed by atoms with Gasteiger partial charge in [0.05, 0.1) is 19.3 Å². The summed E-state index contributed by atoms with van der Waals surface area (Å²) in [6.07, 6.45) is 1.01. The van der Waals surface area contributed by atoms with Gasteiger partial charge >= 0.3 is 0 Å². The van der Waals surface area contributed by atoms with Crippen LogP contribution in [0.3, 0.4) is 0 Å². The Morgan fingerprint density at radius 3 is 2.27 bits per heavy atom. The topological polar surface area (TPSA) is 54.9 Å². The molecule has 0 aliphatic carbocycles. The summed E-state index contributed by atoms with van der Waals surface area (Å²) in [4.78, 5) is 22.6. The number of aromatic nitrogens is 1. The van der Waals surface area contributed by atoms with E-state index in [1.165, 1.54) is 0 Å². The molecule has 33 heavy (non-hydrogen) atoms. The molecule has 6 nitrogen and oxygen atoms in total. The molecule has 1 saturated heterocycles. The van der Waals surface area contributed by atoms with Gasteiger partial charge in [-0.3, -0.25) is 14.6 Å². The molecule has 0 N–H and O–H groups in total. The monoisotopic (exact) mass is 487 g/mol. The number of carbonyl (C=O) groups excluding carboxylic acids is 1. The zero-order chi connectivity index (χ0) is 21.0. The summed E-state index contributed by atoms with van der Waals surface area (Å²) in [7, 11) is 0. The minimum atomic E-state index is -0.700. The van der Waals surface area contributed by atoms with Gasteiger partial charge in [-0.25, -0.2) is 4.98 Å². The fourth-order valence-corrected chi connectivity index (χ4v) is 4.24. The van der Waals surface area contributed by atoms with Crippen LogP contribution in [0.15, 0.2) is 79.0 Å². The maximum Gasteiger partial charge on any atom is 0.274 e. The number of morpholine rings is 1. The van der Waals surface area contributed by atoms with Gasteiger partial charge in [-0.2, -0.15) is 0 Å². The second-order valence-corrected chi connectivity index (χ2v) is 7.78. The van der Waals surface area contributed by atoms with Crippen molar-refractivity contribution in [3.63, 3.8) is 0 Å². The fourth-order valence-electron chi connectivity index (χ4n) is 4.24. The van der Waals surface area contributed by atoms with Crippen LogP contribution in [-0.4, -0.2) is 48.6 Å². The van der Waals surface area contributed by atoms with E-state index >= 15 is 0 Å². The van der Waals surface area contributed by atoms with Crippen LogP contribution in [0.4, 0.5) is 5.82 Å². The predicted octanol–water partition coefficient (Wildman–Crippen LogP) is 4.47. The quantitative estimate of drug-likeness (QED) is 0.531. The third kappa shape index (κ3) is 5.31. The molecule has 2 aromatic carbocycles. The van der Waals surface area contributed by atoms with Gasteiger partial charge in [0.25, 0.3) is 5.91 Å². The van der Waals surface area contributed by atoms with Crippen molar-refractivity contribution >= 4 is 36.5 Å². The molecule has 2 aliphatic rings. The van der Waals surface area contributed by atoms with E-state index < -0.39 is 6.10 Å². The van der Waals surface area contributed by atoms with Crippen molar-refractivity contribution < 1.29 is 14.3 Å². The normalized spacial score (nSPS) is 18.8. The molecule has 0 radical (unpaired) electrons. The summed E-state index contributed by atoms with van der Waals surface area (Å²) >= 11 is 0. The van der Waals surface area contributed by atoms with Crippen molar-refractivity contribution in [1.82, 2.24) is 9.88 Å². The van der Waals surface area contributed by atoms with Crippen LogP contribution in [-0.2, 0) is 9.53 Å². The van der Waals surface area contributed by atoms with E-state index in [1.54, 1.807) is 6.20 Å². The summed E-state index contributed by atoms with van der Waals surface area (Å²) in [5.74, 6) is 1.10. The molecule has 174 valence electrons. The van der Waals surface area contributed by atoms with Gasteiger partial charge in [0, 0.05) is 31.4 Å². The summed E-state index contributed by atoms with van der Waals surface area (Å²) < 4.78 is 11.7. The second-order valence-electron chi connectivity index (χ2n) is 7.78. The van der Waals surface area contributed by atoms with Crippen LogP contribution in [0.1, 0.15) is 23.3 Å². The standard InChI is InChI=1S/C25H25N3O3.2ClH/c29-25-23(20-10-5-2-6-11-20)31-22-12-7-13-26-24(22)28(25)21(19-8-3-1-4-9-19)18-27-14-16-30-17-15-27;;/h1-13,21,23H,14-18H2;2*1H. The molecule has 3 aromatic rings. The Bertz CT molecular complexity index is 1030. The molecule has 1 amide bonds. The molecule has 0 bridgehead atoms. The lowest BCUT2D eigenvalue weighted by atomic mass is 10.00. The summed E-state index contributed by atoms with van der Waals surface area (Å²) in [6.45, 7) is 3.81. The number of benzene rings is 2. The molecule has 2 aliphatic heterocycles. The maximum absolute atomic E-state index is 13.9. The number of halogens is 2. The zero-order valence-electron chi connectivity index (χ0n) is 18.1. The van der Waals surface area contributed by atoms with E-state index in [2.05, 4.69) is 22.0 Å². The number of hydrogen-bond donors (Lipinski definition) is 0. The highest BCUT2D eigenvalue weighted by molar-refractivity contribution is 6.00. The summed E-state index contributed by atoms with van der Waals surface area (Å²) in [6, 6.07) is 23.4. The van der Waals surface area contributed by atoms with Crippen molar-refractivity contribution in [2.24, 2.45) is 0 Å². The Morgan fingerprint density at radius 1 is 0.909 bits per heavy atom. The van der Waals surface area contributed by atoms with Crippen LogP contribution in [0.25, 0.3) is 0 Å². The predicted molar refractivity (Wildman–Crippen MR) is 132 cm³/mol.